The van der Waals surface area contributed by atoms with E-state index in [2.05, 4.69) is 9.71 Å². The number of nitrogens with two attached hydrogens (primary N) is 1. The Kier molecular flexibility index (Phi) is 3.82. The predicted molar refractivity (Wildman–Crippen MR) is 75.6 cm³/mol. The molecule has 0 aliphatic carbocycles. The summed E-state index contributed by atoms with van der Waals surface area (Å²) >= 11 is 5.83. The summed E-state index contributed by atoms with van der Waals surface area (Å²) in [4.78, 5) is 3.61. The highest BCUT2D eigenvalue weighted by Crippen LogP contribution is 2.26. The smallest absolute Gasteiger partial charge is 0.264 e. The highest BCUT2D eigenvalue weighted by molar-refractivity contribution is 7.92. The van der Waals surface area contributed by atoms with Gasteiger partial charge in [-0.1, -0.05) is 11.6 Å². The standard InChI is InChI=1S/C12H11ClFN3O2S/c1-7-4-10(12(13)16-6-7)17-20(18,19)11-3-2-8(14)5-9(11)15/h2-6,17H,15H2,1H3. The van der Waals surface area contributed by atoms with Crippen LogP contribution in [0.2, 0.25) is 5.15 Å². The highest BCUT2D eigenvalue weighted by atomic mass is 35.5. The van der Waals surface area contributed by atoms with E-state index in [9.17, 15) is 12.8 Å². The molecule has 0 amide bonds. The Morgan fingerprint density at radius 2 is 2.05 bits per heavy atom. The lowest BCUT2D eigenvalue weighted by molar-refractivity contribution is 0.600. The van der Waals surface area contributed by atoms with Gasteiger partial charge < -0.3 is 5.73 Å². The molecule has 1 aromatic heterocycles. The van der Waals surface area contributed by atoms with Crippen LogP contribution in [0.1, 0.15) is 5.56 Å². The first kappa shape index (κ1) is 14.5. The molecule has 2 rings (SSSR count). The van der Waals surface area contributed by atoms with Gasteiger partial charge in [0.05, 0.1) is 11.4 Å². The fourth-order valence-corrected chi connectivity index (χ4v) is 2.97. The van der Waals surface area contributed by atoms with Gasteiger partial charge in [0, 0.05) is 6.20 Å². The van der Waals surface area contributed by atoms with Crippen LogP contribution >= 0.6 is 11.6 Å². The first-order valence-electron chi connectivity index (χ1n) is 5.49. The second-order valence-corrected chi connectivity index (χ2v) is 6.15. The minimum absolute atomic E-state index is 0.0138. The van der Waals surface area contributed by atoms with E-state index in [1.165, 1.54) is 12.3 Å². The molecule has 0 saturated heterocycles. The highest BCUT2D eigenvalue weighted by Gasteiger charge is 2.19. The summed E-state index contributed by atoms with van der Waals surface area (Å²) in [6.45, 7) is 1.74. The molecule has 0 aliphatic heterocycles. The van der Waals surface area contributed by atoms with Crippen molar-refractivity contribution < 1.29 is 12.8 Å². The van der Waals surface area contributed by atoms with Crippen molar-refractivity contribution in [3.8, 4) is 0 Å². The first-order chi connectivity index (χ1) is 9.29. The van der Waals surface area contributed by atoms with E-state index in [1.807, 2.05) is 0 Å². The van der Waals surface area contributed by atoms with Crippen molar-refractivity contribution in [2.24, 2.45) is 0 Å². The van der Waals surface area contributed by atoms with Crippen LogP contribution in [-0.2, 0) is 10.0 Å². The van der Waals surface area contributed by atoms with Gasteiger partial charge >= 0.3 is 0 Å². The van der Waals surface area contributed by atoms with E-state index in [0.717, 1.165) is 23.8 Å². The molecule has 1 heterocycles. The third kappa shape index (κ3) is 3.00. The third-order valence-electron chi connectivity index (χ3n) is 2.48. The van der Waals surface area contributed by atoms with Gasteiger partial charge in [0.1, 0.15) is 10.7 Å². The number of aryl methyl sites for hydroxylation is 1. The van der Waals surface area contributed by atoms with Crippen LogP contribution in [0.25, 0.3) is 0 Å². The largest absolute Gasteiger partial charge is 0.398 e. The van der Waals surface area contributed by atoms with Gasteiger partial charge in [-0.15, -0.1) is 0 Å². The number of benzene rings is 1. The van der Waals surface area contributed by atoms with Gasteiger partial charge in [-0.05, 0) is 36.8 Å². The maximum atomic E-state index is 13.0. The maximum absolute atomic E-state index is 13.0. The topological polar surface area (TPSA) is 85.1 Å². The second kappa shape index (κ2) is 5.26. The number of pyridine rings is 1. The molecule has 1 aromatic carbocycles. The SMILES string of the molecule is Cc1cnc(Cl)c(NS(=O)(=O)c2ccc(F)cc2N)c1. The lowest BCUT2D eigenvalue weighted by atomic mass is 10.3. The van der Waals surface area contributed by atoms with Crippen molar-refractivity contribution in [3.05, 3.63) is 47.0 Å². The number of halogens is 2. The van der Waals surface area contributed by atoms with E-state index in [4.69, 9.17) is 17.3 Å². The van der Waals surface area contributed by atoms with Crippen LogP contribution in [0.15, 0.2) is 35.4 Å². The zero-order valence-corrected chi connectivity index (χ0v) is 12.0. The zero-order valence-electron chi connectivity index (χ0n) is 10.4. The van der Waals surface area contributed by atoms with Gasteiger partial charge in [-0.2, -0.15) is 0 Å². The van der Waals surface area contributed by atoms with Crippen molar-refractivity contribution in [1.29, 1.82) is 0 Å². The molecular weight excluding hydrogens is 305 g/mol. The van der Waals surface area contributed by atoms with Crippen molar-refractivity contribution >= 4 is 33.0 Å². The fraction of sp³-hybridized carbons (Fsp3) is 0.0833. The molecule has 20 heavy (non-hydrogen) atoms. The number of hydrogen-bond acceptors (Lipinski definition) is 4. The van der Waals surface area contributed by atoms with Crippen LogP contribution in [0.4, 0.5) is 15.8 Å². The summed E-state index contributed by atoms with van der Waals surface area (Å²) in [7, 11) is -3.97. The number of rotatable bonds is 3. The van der Waals surface area contributed by atoms with Crippen molar-refractivity contribution in [2.45, 2.75) is 11.8 Å². The number of nitrogens with one attached hydrogen (secondary N) is 1. The molecular formula is C12H11ClFN3O2S. The molecule has 0 spiro atoms. The quantitative estimate of drug-likeness (QED) is 0.673. The van der Waals surface area contributed by atoms with Gasteiger partial charge in [-0.3, -0.25) is 4.72 Å². The van der Waals surface area contributed by atoms with Crippen LogP contribution in [0, 0.1) is 12.7 Å². The summed E-state index contributed by atoms with van der Waals surface area (Å²) in [5.74, 6) is -0.614. The Morgan fingerprint density at radius 1 is 1.35 bits per heavy atom. The lowest BCUT2D eigenvalue weighted by Crippen LogP contribution is -2.15. The van der Waals surface area contributed by atoms with Crippen molar-refractivity contribution in [2.75, 3.05) is 10.5 Å². The van der Waals surface area contributed by atoms with E-state index in [0.29, 0.717) is 0 Å². The van der Waals surface area contributed by atoms with Gasteiger partial charge in [-0.25, -0.2) is 17.8 Å². The predicted octanol–water partition coefficient (Wildman–Crippen LogP) is 2.57. The molecule has 106 valence electrons. The first-order valence-corrected chi connectivity index (χ1v) is 7.36. The molecule has 0 fully saturated rings. The molecule has 0 bridgehead atoms. The molecule has 0 saturated carbocycles. The third-order valence-corrected chi connectivity index (χ3v) is 4.22. The van der Waals surface area contributed by atoms with Crippen LogP contribution in [0.5, 0.6) is 0 Å². The van der Waals surface area contributed by atoms with Crippen molar-refractivity contribution in [1.82, 2.24) is 4.98 Å². The van der Waals surface area contributed by atoms with E-state index in [1.54, 1.807) is 6.92 Å². The lowest BCUT2D eigenvalue weighted by Gasteiger charge is -2.11. The molecule has 0 aliphatic rings. The molecule has 0 unspecified atom stereocenters. The van der Waals surface area contributed by atoms with Crippen LogP contribution in [-0.4, -0.2) is 13.4 Å². The molecule has 8 heteroatoms. The van der Waals surface area contributed by atoms with Gasteiger partial charge in [0.2, 0.25) is 0 Å². The summed E-state index contributed by atoms with van der Waals surface area (Å²) < 4.78 is 39.6. The normalized spacial score (nSPS) is 11.3. The summed E-state index contributed by atoms with van der Waals surface area (Å²) in [5.41, 5.74) is 6.21. The number of nitrogen functional groups attached to an aromatic ring is 1. The number of sulfonamides is 1. The maximum Gasteiger partial charge on any atom is 0.264 e. The zero-order chi connectivity index (χ0) is 14.9. The van der Waals surface area contributed by atoms with Gasteiger partial charge in [0.15, 0.2) is 5.15 Å². The average Bonchev–Trinajstić information content (AvgIpc) is 2.33. The minimum Gasteiger partial charge on any atom is -0.398 e. The molecule has 5 nitrogen and oxygen atoms in total. The minimum atomic E-state index is -3.97. The Bertz CT molecular complexity index is 765. The second-order valence-electron chi connectivity index (χ2n) is 4.14. The van der Waals surface area contributed by atoms with Crippen LogP contribution in [0.3, 0.4) is 0 Å². The fourth-order valence-electron chi connectivity index (χ4n) is 1.59. The summed E-state index contributed by atoms with van der Waals surface area (Å²) in [6, 6.07) is 4.57. The van der Waals surface area contributed by atoms with E-state index < -0.39 is 15.8 Å². The van der Waals surface area contributed by atoms with Crippen molar-refractivity contribution in [3.63, 3.8) is 0 Å². The summed E-state index contributed by atoms with van der Waals surface area (Å²) in [6.07, 6.45) is 1.51. The molecule has 2 aromatic rings. The number of anilines is 2. The van der Waals surface area contributed by atoms with E-state index in [-0.39, 0.29) is 21.4 Å². The number of hydrogen-bond donors (Lipinski definition) is 2. The Morgan fingerprint density at radius 3 is 2.70 bits per heavy atom. The summed E-state index contributed by atoms with van der Waals surface area (Å²) in [5, 5.41) is 0.0138. The number of nitrogens with zero attached hydrogens (tertiary/aromatic N) is 1. The average molecular weight is 316 g/mol. The van der Waals surface area contributed by atoms with Crippen LogP contribution < -0.4 is 10.5 Å². The monoisotopic (exact) mass is 315 g/mol. The Hall–Kier alpha value is -1.86. The molecule has 0 radical (unpaired) electrons. The molecule has 3 N–H and O–H groups in total. The number of aromatic nitrogens is 1. The van der Waals surface area contributed by atoms with Gasteiger partial charge in [0.25, 0.3) is 10.0 Å². The van der Waals surface area contributed by atoms with E-state index >= 15 is 0 Å². The Labute approximate surface area is 120 Å². The molecule has 0 atom stereocenters. The Balaban J connectivity index is 2.43.